The Labute approximate surface area is 105 Å². The highest BCUT2D eigenvalue weighted by Crippen LogP contribution is 2.41. The van der Waals surface area contributed by atoms with Crippen molar-refractivity contribution in [1.29, 1.82) is 0 Å². The summed E-state index contributed by atoms with van der Waals surface area (Å²) in [6.45, 7) is 0. The molecule has 0 saturated carbocycles. The number of rotatable bonds is 0. The highest BCUT2D eigenvalue weighted by atomic mass is 16.4. The van der Waals surface area contributed by atoms with Crippen molar-refractivity contribution in [3.8, 4) is 34.3 Å². The van der Waals surface area contributed by atoms with Crippen molar-refractivity contribution in [2.24, 2.45) is 0 Å². The topological polar surface area (TPSA) is 111 Å². The first-order valence-electron chi connectivity index (χ1n) is 5.32. The Hall–Kier alpha value is -2.89. The summed E-state index contributed by atoms with van der Waals surface area (Å²) in [6.07, 6.45) is 0. The third-order valence-corrected chi connectivity index (χ3v) is 2.88. The Morgan fingerprint density at radius 2 is 1.63 bits per heavy atom. The average Bonchev–Trinajstić information content (AvgIpc) is 2.39. The molecule has 6 heteroatoms. The molecule has 2 aliphatic rings. The highest BCUT2D eigenvalue weighted by molar-refractivity contribution is 5.90. The van der Waals surface area contributed by atoms with Gasteiger partial charge in [-0.15, -0.1) is 0 Å². The van der Waals surface area contributed by atoms with Gasteiger partial charge in [0.05, 0.1) is 5.56 Å². The second-order valence-corrected chi connectivity index (χ2v) is 4.08. The number of aromatic hydroxyl groups is 4. The maximum Gasteiger partial charge on any atom is 0.202 e. The van der Waals surface area contributed by atoms with Crippen LogP contribution in [0.1, 0.15) is 0 Å². The smallest absolute Gasteiger partial charge is 0.202 e. The lowest BCUT2D eigenvalue weighted by Gasteiger charge is -2.10. The van der Waals surface area contributed by atoms with Crippen molar-refractivity contribution >= 4 is 11.0 Å². The van der Waals surface area contributed by atoms with Crippen molar-refractivity contribution in [3.05, 3.63) is 34.5 Å². The summed E-state index contributed by atoms with van der Waals surface area (Å²) in [7, 11) is 0. The molecule has 0 amide bonds. The normalized spacial score (nSPS) is 11.2. The van der Waals surface area contributed by atoms with Crippen LogP contribution in [0.4, 0.5) is 0 Å². The van der Waals surface area contributed by atoms with Crippen LogP contribution in [0.2, 0.25) is 0 Å². The van der Waals surface area contributed by atoms with Crippen molar-refractivity contribution in [2.75, 3.05) is 0 Å². The molecule has 0 bridgehead atoms. The zero-order valence-electron chi connectivity index (χ0n) is 9.41. The summed E-state index contributed by atoms with van der Waals surface area (Å²) in [5.41, 5.74) is -0.552. The van der Waals surface area contributed by atoms with E-state index < -0.39 is 28.4 Å². The van der Waals surface area contributed by atoms with Gasteiger partial charge in [-0.2, -0.15) is 0 Å². The summed E-state index contributed by atoms with van der Waals surface area (Å²) in [5.74, 6) is -2.36. The molecule has 0 spiro atoms. The summed E-state index contributed by atoms with van der Waals surface area (Å²) in [4.78, 5) is 11.7. The molecule has 1 aromatic rings. The average molecular weight is 260 g/mol. The van der Waals surface area contributed by atoms with Crippen LogP contribution in [0.5, 0.6) is 23.0 Å². The SMILES string of the molecule is O=c1cc(O)c(O)c2oc3c(O)c(O)ccc3cc1-2. The molecule has 1 aromatic carbocycles. The van der Waals surface area contributed by atoms with Gasteiger partial charge in [0.2, 0.25) is 11.5 Å². The van der Waals surface area contributed by atoms with Crippen molar-refractivity contribution < 1.29 is 24.8 Å². The standard InChI is InChI=1S/C13H8O6/c14-7-2-1-5-3-6-8(15)4-9(16)11(18)13(6)19-12(5)10(7)17/h1-4,14,16-18H. The lowest BCUT2D eigenvalue weighted by atomic mass is 10.1. The van der Waals surface area contributed by atoms with Gasteiger partial charge < -0.3 is 24.8 Å². The van der Waals surface area contributed by atoms with E-state index in [2.05, 4.69) is 0 Å². The lowest BCUT2D eigenvalue weighted by Crippen LogP contribution is -2.04. The minimum Gasteiger partial charge on any atom is -0.504 e. The van der Waals surface area contributed by atoms with Crippen LogP contribution in [-0.2, 0) is 0 Å². The van der Waals surface area contributed by atoms with Crippen LogP contribution >= 0.6 is 0 Å². The van der Waals surface area contributed by atoms with Gasteiger partial charge in [-0.3, -0.25) is 4.79 Å². The second-order valence-electron chi connectivity index (χ2n) is 4.08. The van der Waals surface area contributed by atoms with Crippen molar-refractivity contribution in [1.82, 2.24) is 0 Å². The summed E-state index contributed by atoms with van der Waals surface area (Å²) < 4.78 is 5.23. The number of phenols is 4. The van der Waals surface area contributed by atoms with Crippen LogP contribution in [0.15, 0.2) is 33.5 Å². The third kappa shape index (κ3) is 1.46. The van der Waals surface area contributed by atoms with E-state index in [0.29, 0.717) is 5.39 Å². The molecular formula is C13H8O6. The molecule has 0 atom stereocenters. The minimum atomic E-state index is -0.611. The predicted octanol–water partition coefficient (Wildman–Crippen LogP) is 1.72. The van der Waals surface area contributed by atoms with Crippen LogP contribution in [0.3, 0.4) is 0 Å². The maximum absolute atomic E-state index is 11.7. The predicted molar refractivity (Wildman–Crippen MR) is 65.8 cm³/mol. The van der Waals surface area contributed by atoms with Gasteiger partial charge in [0.25, 0.3) is 0 Å². The fourth-order valence-electron chi connectivity index (χ4n) is 1.92. The number of phenolic OH excluding ortho intramolecular Hbond substituents is 4. The number of hydrogen-bond acceptors (Lipinski definition) is 6. The second kappa shape index (κ2) is 3.55. The zero-order chi connectivity index (χ0) is 13.7. The summed E-state index contributed by atoms with van der Waals surface area (Å²) in [5, 5.41) is 38.5. The largest absolute Gasteiger partial charge is 0.504 e. The van der Waals surface area contributed by atoms with Crippen LogP contribution in [0, 0.1) is 0 Å². The van der Waals surface area contributed by atoms with Crippen molar-refractivity contribution in [3.63, 3.8) is 0 Å². The monoisotopic (exact) mass is 260 g/mol. The van der Waals surface area contributed by atoms with Crippen LogP contribution in [0.25, 0.3) is 22.3 Å². The van der Waals surface area contributed by atoms with Gasteiger partial charge in [-0.25, -0.2) is 0 Å². The Balaban J connectivity index is 2.57. The van der Waals surface area contributed by atoms with E-state index in [-0.39, 0.29) is 16.9 Å². The molecule has 1 aliphatic carbocycles. The molecule has 96 valence electrons. The highest BCUT2D eigenvalue weighted by Gasteiger charge is 2.21. The van der Waals surface area contributed by atoms with Gasteiger partial charge in [0.1, 0.15) is 0 Å². The molecule has 19 heavy (non-hydrogen) atoms. The van der Waals surface area contributed by atoms with E-state index >= 15 is 0 Å². The lowest BCUT2D eigenvalue weighted by molar-refractivity contribution is 0.386. The molecule has 6 nitrogen and oxygen atoms in total. The first kappa shape index (κ1) is 11.2. The first-order chi connectivity index (χ1) is 8.99. The van der Waals surface area contributed by atoms with E-state index in [1.165, 1.54) is 18.2 Å². The molecule has 1 aliphatic heterocycles. The fraction of sp³-hybridized carbons (Fsp3) is 0. The molecule has 0 radical (unpaired) electrons. The quantitative estimate of drug-likeness (QED) is 0.362. The number of benzene rings is 2. The maximum atomic E-state index is 11.7. The van der Waals surface area contributed by atoms with Crippen LogP contribution < -0.4 is 5.43 Å². The minimum absolute atomic E-state index is 0.0629. The molecule has 0 aromatic heterocycles. The van der Waals surface area contributed by atoms with Crippen LogP contribution in [-0.4, -0.2) is 20.4 Å². The van der Waals surface area contributed by atoms with Gasteiger partial charge in [0.15, 0.2) is 28.3 Å². The molecule has 0 unspecified atom stereocenters. The zero-order valence-corrected chi connectivity index (χ0v) is 9.41. The fourth-order valence-corrected chi connectivity index (χ4v) is 1.92. The first-order valence-corrected chi connectivity index (χ1v) is 5.32. The summed E-state index contributed by atoms with van der Waals surface area (Å²) in [6, 6.07) is 4.98. The van der Waals surface area contributed by atoms with E-state index in [0.717, 1.165) is 6.07 Å². The molecule has 0 saturated heterocycles. The molecular weight excluding hydrogens is 252 g/mol. The van der Waals surface area contributed by atoms with Crippen molar-refractivity contribution in [2.45, 2.75) is 0 Å². The third-order valence-electron chi connectivity index (χ3n) is 2.88. The number of hydrogen-bond donors (Lipinski definition) is 4. The van der Waals surface area contributed by atoms with E-state index in [9.17, 15) is 25.2 Å². The van der Waals surface area contributed by atoms with E-state index in [1.807, 2.05) is 0 Å². The Bertz CT molecular complexity index is 833. The Kier molecular flexibility index (Phi) is 2.10. The van der Waals surface area contributed by atoms with Gasteiger partial charge >= 0.3 is 0 Å². The molecule has 0 fully saturated rings. The Morgan fingerprint density at radius 1 is 0.895 bits per heavy atom. The van der Waals surface area contributed by atoms with E-state index in [1.54, 1.807) is 0 Å². The summed E-state index contributed by atoms with van der Waals surface area (Å²) >= 11 is 0. The molecule has 3 rings (SSSR count). The molecule has 1 heterocycles. The molecule has 4 N–H and O–H groups in total. The van der Waals surface area contributed by atoms with Gasteiger partial charge in [0, 0.05) is 11.5 Å². The Morgan fingerprint density at radius 3 is 2.37 bits per heavy atom. The number of fused-ring (bicyclic) bond motifs is 2. The van der Waals surface area contributed by atoms with Gasteiger partial charge in [-0.1, -0.05) is 0 Å². The van der Waals surface area contributed by atoms with E-state index in [4.69, 9.17) is 4.42 Å². The van der Waals surface area contributed by atoms with Gasteiger partial charge in [-0.05, 0) is 18.2 Å².